The first-order valence-electron chi connectivity index (χ1n) is 7.19. The molecule has 0 amide bonds. The maximum Gasteiger partial charge on any atom is 0.238 e. The van der Waals surface area contributed by atoms with Gasteiger partial charge in [0.25, 0.3) is 0 Å². The second-order valence-corrected chi connectivity index (χ2v) is 7.10. The highest BCUT2D eigenvalue weighted by molar-refractivity contribution is 7.89. The van der Waals surface area contributed by atoms with E-state index in [1.807, 2.05) is 12.1 Å². The molecule has 1 aliphatic rings. The second kappa shape index (κ2) is 5.17. The fourth-order valence-electron chi connectivity index (χ4n) is 2.86. The van der Waals surface area contributed by atoms with Gasteiger partial charge in [0.2, 0.25) is 10.0 Å². The Balaban J connectivity index is 1.88. The van der Waals surface area contributed by atoms with Crippen LogP contribution in [0.4, 0.5) is 5.69 Å². The van der Waals surface area contributed by atoms with E-state index < -0.39 is 16.3 Å². The predicted molar refractivity (Wildman–Crippen MR) is 91.4 cm³/mol. The number of H-pyrrole nitrogens is 1. The summed E-state index contributed by atoms with van der Waals surface area (Å²) in [5, 5.41) is 19.3. The molecule has 3 heterocycles. The van der Waals surface area contributed by atoms with E-state index in [2.05, 4.69) is 15.3 Å². The molecule has 3 aromatic rings. The van der Waals surface area contributed by atoms with Gasteiger partial charge in [-0.2, -0.15) is 0 Å². The number of benzene rings is 1. The maximum absolute atomic E-state index is 11.6. The van der Waals surface area contributed by atoms with E-state index in [0.717, 1.165) is 16.6 Å². The lowest BCUT2D eigenvalue weighted by atomic mass is 10.0. The molecule has 1 atom stereocenters. The minimum Gasteiger partial charge on any atom is -0.369 e. The maximum atomic E-state index is 11.6. The van der Waals surface area contributed by atoms with Crippen LogP contribution in [0.15, 0.2) is 47.6 Å². The van der Waals surface area contributed by atoms with Crippen LogP contribution in [0.5, 0.6) is 0 Å². The summed E-state index contributed by atoms with van der Waals surface area (Å²) in [6.07, 6.45) is 4.35. The fourth-order valence-corrected chi connectivity index (χ4v) is 3.40. The number of pyridine rings is 1. The number of nitrogens with zero attached hydrogens (tertiary/aromatic N) is 1. The molecule has 1 aromatic carbocycles. The normalized spacial score (nSPS) is 18.8. The molecule has 0 aliphatic carbocycles. The van der Waals surface area contributed by atoms with Crippen molar-refractivity contribution in [2.75, 3.05) is 5.32 Å². The lowest BCUT2D eigenvalue weighted by Crippen LogP contribution is -2.12. The zero-order chi connectivity index (χ0) is 16.9. The topological polar surface area (TPSA) is 121 Å². The van der Waals surface area contributed by atoms with E-state index in [1.54, 1.807) is 24.5 Å². The molecule has 24 heavy (non-hydrogen) atoms. The zero-order valence-corrected chi connectivity index (χ0v) is 13.2. The molecule has 0 fully saturated rings. The summed E-state index contributed by atoms with van der Waals surface area (Å²) in [4.78, 5) is 7.29. The summed E-state index contributed by atoms with van der Waals surface area (Å²) < 4.78 is 23.1. The zero-order valence-electron chi connectivity index (χ0n) is 12.4. The molecule has 0 bridgehead atoms. The molecule has 0 saturated heterocycles. The molecular weight excluding hydrogens is 328 g/mol. The molecule has 122 valence electrons. The van der Waals surface area contributed by atoms with Gasteiger partial charge < -0.3 is 15.4 Å². The van der Waals surface area contributed by atoms with Crippen molar-refractivity contribution in [3.05, 3.63) is 53.9 Å². The van der Waals surface area contributed by atoms with Crippen molar-refractivity contribution in [1.82, 2.24) is 9.97 Å². The number of aromatic nitrogens is 2. The van der Waals surface area contributed by atoms with Crippen molar-refractivity contribution in [2.24, 2.45) is 5.14 Å². The van der Waals surface area contributed by atoms with Crippen molar-refractivity contribution in [3.8, 4) is 0 Å². The molecule has 7 nitrogen and oxygen atoms in total. The van der Waals surface area contributed by atoms with Gasteiger partial charge in [-0.1, -0.05) is 0 Å². The van der Waals surface area contributed by atoms with Gasteiger partial charge in [-0.25, -0.2) is 18.5 Å². The van der Waals surface area contributed by atoms with Crippen molar-refractivity contribution >= 4 is 38.4 Å². The average molecular weight is 342 g/mol. The number of nitrogens with one attached hydrogen (secondary N) is 2. The summed E-state index contributed by atoms with van der Waals surface area (Å²) in [6.45, 7) is 0. The molecule has 0 radical (unpaired) electrons. The summed E-state index contributed by atoms with van der Waals surface area (Å²) in [7, 11) is -3.81. The highest BCUT2D eigenvalue weighted by atomic mass is 32.2. The Hall–Kier alpha value is -2.68. The Morgan fingerprint density at radius 1 is 1.29 bits per heavy atom. The summed E-state index contributed by atoms with van der Waals surface area (Å²) in [5.74, 6) is 0. The average Bonchev–Trinajstić information content (AvgIpc) is 3.08. The van der Waals surface area contributed by atoms with Crippen LogP contribution in [0, 0.1) is 0 Å². The van der Waals surface area contributed by atoms with Crippen LogP contribution in [0.1, 0.15) is 11.1 Å². The van der Waals surface area contributed by atoms with Gasteiger partial charge in [0, 0.05) is 40.2 Å². The summed E-state index contributed by atoms with van der Waals surface area (Å²) >= 11 is 0. The first-order valence-corrected chi connectivity index (χ1v) is 8.73. The van der Waals surface area contributed by atoms with E-state index in [4.69, 9.17) is 5.14 Å². The number of fused-ring (bicyclic) bond motifs is 2. The van der Waals surface area contributed by atoms with Crippen LogP contribution in [0.2, 0.25) is 0 Å². The largest absolute Gasteiger partial charge is 0.369 e. The number of nitrogens with two attached hydrogens (primary N) is 1. The Morgan fingerprint density at radius 3 is 2.92 bits per heavy atom. The number of primary sulfonamides is 1. The van der Waals surface area contributed by atoms with Crippen molar-refractivity contribution in [3.63, 3.8) is 0 Å². The third-order valence-corrected chi connectivity index (χ3v) is 4.92. The number of hydrogen-bond donors (Lipinski definition) is 4. The number of sulfonamides is 1. The highest BCUT2D eigenvalue weighted by Crippen LogP contribution is 2.37. The van der Waals surface area contributed by atoms with Crippen LogP contribution in [-0.2, 0) is 10.0 Å². The van der Waals surface area contributed by atoms with Gasteiger partial charge in [-0.15, -0.1) is 0 Å². The summed E-state index contributed by atoms with van der Waals surface area (Å²) in [6, 6.07) is 8.21. The van der Waals surface area contributed by atoms with E-state index in [0.29, 0.717) is 16.8 Å². The minimum absolute atomic E-state index is 0.00337. The molecule has 0 spiro atoms. The molecule has 4 rings (SSSR count). The number of hydrogen-bond acceptors (Lipinski definition) is 5. The Labute approximate surface area is 137 Å². The van der Waals surface area contributed by atoms with Crippen LogP contribution in [0.3, 0.4) is 0 Å². The predicted octanol–water partition coefficient (Wildman–Crippen LogP) is 1.49. The van der Waals surface area contributed by atoms with E-state index in [-0.39, 0.29) is 4.90 Å². The van der Waals surface area contributed by atoms with Gasteiger partial charge >= 0.3 is 0 Å². The SMILES string of the molecule is NS(=O)(=O)c1ccc2c(c1)C(=Cc1c[nH]c3ncccc13)C(O)N2. The van der Waals surface area contributed by atoms with Crippen LogP contribution in [0.25, 0.3) is 22.7 Å². The van der Waals surface area contributed by atoms with Gasteiger partial charge in [0.15, 0.2) is 6.23 Å². The van der Waals surface area contributed by atoms with Crippen LogP contribution in [-0.4, -0.2) is 29.7 Å². The number of anilines is 1. The molecule has 0 saturated carbocycles. The van der Waals surface area contributed by atoms with E-state index in [1.165, 1.54) is 12.1 Å². The quantitative estimate of drug-likeness (QED) is 0.562. The van der Waals surface area contributed by atoms with Crippen molar-refractivity contribution in [2.45, 2.75) is 11.1 Å². The molecule has 5 N–H and O–H groups in total. The van der Waals surface area contributed by atoms with E-state index in [9.17, 15) is 13.5 Å². The van der Waals surface area contributed by atoms with Crippen molar-refractivity contribution < 1.29 is 13.5 Å². The van der Waals surface area contributed by atoms with Crippen molar-refractivity contribution in [1.29, 1.82) is 0 Å². The Bertz CT molecular complexity index is 1090. The minimum atomic E-state index is -3.81. The monoisotopic (exact) mass is 342 g/mol. The molecular formula is C16H14N4O3S. The molecule has 8 heteroatoms. The van der Waals surface area contributed by atoms with E-state index >= 15 is 0 Å². The van der Waals surface area contributed by atoms with Gasteiger partial charge in [-0.05, 0) is 36.4 Å². The summed E-state index contributed by atoms with van der Waals surface area (Å²) in [5.41, 5.74) is 3.41. The number of rotatable bonds is 2. The van der Waals surface area contributed by atoms with Gasteiger partial charge in [0.05, 0.1) is 4.90 Å². The number of aromatic amines is 1. The lowest BCUT2D eigenvalue weighted by Gasteiger charge is -2.05. The lowest BCUT2D eigenvalue weighted by molar-refractivity contribution is 0.266. The van der Waals surface area contributed by atoms with Gasteiger partial charge in [-0.3, -0.25) is 0 Å². The molecule has 1 unspecified atom stereocenters. The number of aliphatic hydroxyl groups excluding tert-OH is 1. The van der Waals surface area contributed by atoms with Gasteiger partial charge in [0.1, 0.15) is 5.65 Å². The number of aliphatic hydroxyl groups is 1. The molecule has 1 aliphatic heterocycles. The Kier molecular flexibility index (Phi) is 3.20. The highest BCUT2D eigenvalue weighted by Gasteiger charge is 2.26. The van der Waals surface area contributed by atoms with Crippen LogP contribution >= 0.6 is 0 Å². The Morgan fingerprint density at radius 2 is 2.12 bits per heavy atom. The standard InChI is InChI=1S/C16H14N4O3S/c17-24(22,23)10-3-4-14-12(7-10)13(16(21)20-14)6-9-8-19-15-11(9)2-1-5-18-15/h1-8,16,20-21H,(H,18,19)(H2,17,22,23). The first kappa shape index (κ1) is 14.9. The third-order valence-electron chi connectivity index (χ3n) is 4.01. The first-order chi connectivity index (χ1) is 11.4. The fraction of sp³-hybridized carbons (Fsp3) is 0.0625. The van der Waals surface area contributed by atoms with Crippen LogP contribution < -0.4 is 10.5 Å². The second-order valence-electron chi connectivity index (χ2n) is 5.54. The smallest absolute Gasteiger partial charge is 0.238 e. The molecule has 2 aromatic heterocycles. The third kappa shape index (κ3) is 2.37.